The Morgan fingerprint density at radius 2 is 2.12 bits per heavy atom. The minimum Gasteiger partial charge on any atom is -0.288 e. The number of halogens is 1. The number of alkyl halides is 1. The molecule has 8 heavy (non-hydrogen) atoms. The molecule has 0 fully saturated rings. The number of hydrazine groups is 1. The van der Waals surface area contributed by atoms with Crippen LogP contribution in [0, 0.1) is 0 Å². The fourth-order valence-electron chi connectivity index (χ4n) is 0.141. The lowest BCUT2D eigenvalue weighted by molar-refractivity contribution is -0.136. The van der Waals surface area contributed by atoms with E-state index in [1.165, 1.54) is 0 Å². The van der Waals surface area contributed by atoms with Gasteiger partial charge in [0.1, 0.15) is 0 Å². The van der Waals surface area contributed by atoms with Gasteiger partial charge in [-0.05, 0) is 0 Å². The topological polar surface area (TPSA) is 72.2 Å². The Hall–Kier alpha value is -0.610. The molecule has 0 saturated carbocycles. The molecule has 0 rings (SSSR count). The van der Waals surface area contributed by atoms with E-state index in [0.717, 1.165) is 0 Å². The second-order valence-corrected chi connectivity index (χ2v) is 1.30. The van der Waals surface area contributed by atoms with E-state index in [1.807, 2.05) is 0 Å². The molecule has 0 atom stereocenters. The summed E-state index contributed by atoms with van der Waals surface area (Å²) in [7, 11) is 0. The quantitative estimate of drug-likeness (QED) is 0.164. The van der Waals surface area contributed by atoms with Gasteiger partial charge in [0.15, 0.2) is 0 Å². The molecule has 0 aliphatic carbocycles. The van der Waals surface area contributed by atoms with Gasteiger partial charge >= 0.3 is 5.91 Å². The second-order valence-electron chi connectivity index (χ2n) is 1.03. The van der Waals surface area contributed by atoms with E-state index in [1.54, 1.807) is 5.43 Å². The number of carbonyl (C=O) groups excluding carboxylic acids is 2. The summed E-state index contributed by atoms with van der Waals surface area (Å²) in [5.41, 5.74) is 1.64. The third-order valence-electron chi connectivity index (χ3n) is 0.506. The highest BCUT2D eigenvalue weighted by atomic mass is 35.5. The molecular formula is C3H5ClN2O2. The lowest BCUT2D eigenvalue weighted by Crippen LogP contribution is -2.36. The van der Waals surface area contributed by atoms with Crippen LogP contribution in [0.15, 0.2) is 0 Å². The zero-order valence-electron chi connectivity index (χ0n) is 3.98. The highest BCUT2D eigenvalue weighted by molar-refractivity contribution is 6.46. The molecule has 1 amide bonds. The lowest BCUT2D eigenvalue weighted by atomic mass is 10.4. The van der Waals surface area contributed by atoms with Crippen molar-refractivity contribution in [1.82, 2.24) is 5.43 Å². The summed E-state index contributed by atoms with van der Waals surface area (Å²) in [5, 5.41) is 0. The van der Waals surface area contributed by atoms with Crippen molar-refractivity contribution in [3.8, 4) is 0 Å². The fourth-order valence-corrected chi connectivity index (χ4v) is 0.263. The zero-order valence-corrected chi connectivity index (χ0v) is 4.73. The van der Waals surface area contributed by atoms with Gasteiger partial charge in [-0.3, -0.25) is 15.0 Å². The number of rotatable bonds is 2. The number of nitrogens with two attached hydrogens (primary N) is 1. The average Bonchev–Trinajstić information content (AvgIpc) is 1.84. The first-order chi connectivity index (χ1) is 3.72. The van der Waals surface area contributed by atoms with Gasteiger partial charge in [-0.25, -0.2) is 5.84 Å². The molecule has 0 aromatic heterocycles. The lowest BCUT2D eigenvalue weighted by Gasteiger charge is -1.90. The fraction of sp³-hybridized carbons (Fsp3) is 0.333. The van der Waals surface area contributed by atoms with Crippen molar-refractivity contribution in [3.05, 3.63) is 0 Å². The molecule has 0 aliphatic rings. The first kappa shape index (κ1) is 7.39. The number of amides is 1. The maximum atomic E-state index is 10.1. The van der Waals surface area contributed by atoms with E-state index in [0.29, 0.717) is 0 Å². The normalized spacial score (nSPS) is 8.25. The van der Waals surface area contributed by atoms with Crippen LogP contribution in [0.2, 0.25) is 0 Å². The van der Waals surface area contributed by atoms with Crippen molar-refractivity contribution < 1.29 is 9.59 Å². The van der Waals surface area contributed by atoms with Crippen molar-refractivity contribution in [1.29, 1.82) is 0 Å². The average molecular weight is 137 g/mol. The van der Waals surface area contributed by atoms with E-state index in [2.05, 4.69) is 5.84 Å². The van der Waals surface area contributed by atoms with Crippen LogP contribution in [0.1, 0.15) is 0 Å². The summed E-state index contributed by atoms with van der Waals surface area (Å²) >= 11 is 4.96. The van der Waals surface area contributed by atoms with Gasteiger partial charge in [-0.1, -0.05) is 0 Å². The number of ketones is 1. The van der Waals surface area contributed by atoms with Crippen LogP contribution in [-0.2, 0) is 9.59 Å². The van der Waals surface area contributed by atoms with Gasteiger partial charge in [-0.15, -0.1) is 11.6 Å². The molecule has 0 aromatic carbocycles. The van der Waals surface area contributed by atoms with E-state index in [4.69, 9.17) is 11.6 Å². The minimum atomic E-state index is -0.861. The number of hydrogen-bond donors (Lipinski definition) is 2. The van der Waals surface area contributed by atoms with Crippen molar-refractivity contribution >= 4 is 23.3 Å². The number of hydrogen-bond acceptors (Lipinski definition) is 3. The molecule has 0 heterocycles. The number of carbonyl (C=O) groups is 2. The smallest absolute Gasteiger partial charge is 0.288 e. The molecule has 0 radical (unpaired) electrons. The summed E-state index contributed by atoms with van der Waals surface area (Å²) in [6.07, 6.45) is 0. The predicted octanol–water partition coefficient (Wildman–Crippen LogP) is -1.22. The van der Waals surface area contributed by atoms with E-state index in [-0.39, 0.29) is 5.88 Å². The maximum absolute atomic E-state index is 10.1. The molecule has 0 aliphatic heterocycles. The van der Waals surface area contributed by atoms with Crippen molar-refractivity contribution in [2.45, 2.75) is 0 Å². The first-order valence-corrected chi connectivity index (χ1v) is 2.35. The van der Waals surface area contributed by atoms with Crippen LogP contribution in [0.3, 0.4) is 0 Å². The molecule has 5 heteroatoms. The molecule has 0 bridgehead atoms. The Bertz CT molecular complexity index is 99.9. The Labute approximate surface area is 51.0 Å². The van der Waals surface area contributed by atoms with Gasteiger partial charge < -0.3 is 0 Å². The highest BCUT2D eigenvalue weighted by Gasteiger charge is 2.07. The van der Waals surface area contributed by atoms with Crippen molar-refractivity contribution in [3.63, 3.8) is 0 Å². The van der Waals surface area contributed by atoms with E-state index < -0.39 is 11.7 Å². The number of nitrogens with one attached hydrogen (secondary N) is 1. The van der Waals surface area contributed by atoms with Crippen molar-refractivity contribution in [2.24, 2.45) is 5.84 Å². The van der Waals surface area contributed by atoms with Crippen LogP contribution < -0.4 is 11.3 Å². The SMILES string of the molecule is NNC(=O)C(=O)CCl. The van der Waals surface area contributed by atoms with Gasteiger partial charge in [0, 0.05) is 0 Å². The minimum absolute atomic E-state index is 0.330. The third kappa shape index (κ3) is 1.90. The van der Waals surface area contributed by atoms with Crippen LogP contribution in [0.25, 0.3) is 0 Å². The first-order valence-electron chi connectivity index (χ1n) is 1.82. The van der Waals surface area contributed by atoms with Crippen LogP contribution in [0.4, 0.5) is 0 Å². The molecule has 3 N–H and O–H groups in total. The summed E-state index contributed by atoms with van der Waals surface area (Å²) in [5.74, 6) is 2.65. The largest absolute Gasteiger partial charge is 0.302 e. The van der Waals surface area contributed by atoms with Gasteiger partial charge in [-0.2, -0.15) is 0 Å². The van der Waals surface area contributed by atoms with E-state index in [9.17, 15) is 9.59 Å². The summed E-state index contributed by atoms with van der Waals surface area (Å²) in [6, 6.07) is 0. The second kappa shape index (κ2) is 3.40. The molecule has 4 nitrogen and oxygen atoms in total. The Kier molecular flexibility index (Phi) is 3.14. The molecule has 0 unspecified atom stereocenters. The molecule has 46 valence electrons. The summed E-state index contributed by atoms with van der Waals surface area (Å²) in [4.78, 5) is 20.2. The maximum Gasteiger partial charge on any atom is 0.302 e. The van der Waals surface area contributed by atoms with Crippen LogP contribution >= 0.6 is 11.6 Å². The Morgan fingerprint density at radius 1 is 1.62 bits per heavy atom. The van der Waals surface area contributed by atoms with Gasteiger partial charge in [0.25, 0.3) is 0 Å². The van der Waals surface area contributed by atoms with Crippen molar-refractivity contribution in [2.75, 3.05) is 5.88 Å². The zero-order chi connectivity index (χ0) is 6.57. The highest BCUT2D eigenvalue weighted by Crippen LogP contribution is 1.75. The van der Waals surface area contributed by atoms with Gasteiger partial charge in [0.05, 0.1) is 5.88 Å². The van der Waals surface area contributed by atoms with E-state index >= 15 is 0 Å². The van der Waals surface area contributed by atoms with Crippen LogP contribution in [0.5, 0.6) is 0 Å². The predicted molar refractivity (Wildman–Crippen MR) is 28.1 cm³/mol. The third-order valence-corrected chi connectivity index (χ3v) is 0.748. The Balaban J connectivity index is 3.64. The standard InChI is InChI=1S/C3H5ClN2O2/c4-1-2(7)3(8)6-5/h1,5H2,(H,6,8). The van der Waals surface area contributed by atoms with Gasteiger partial charge in [0.2, 0.25) is 5.78 Å². The summed E-state index contributed by atoms with van der Waals surface area (Å²) < 4.78 is 0. The molecule has 0 saturated heterocycles. The monoisotopic (exact) mass is 136 g/mol. The Morgan fingerprint density at radius 3 is 2.25 bits per heavy atom. The molecular weight excluding hydrogens is 131 g/mol. The van der Waals surface area contributed by atoms with Crippen LogP contribution in [-0.4, -0.2) is 17.6 Å². The summed E-state index contributed by atoms with van der Waals surface area (Å²) in [6.45, 7) is 0. The molecule has 0 aromatic rings. The number of Topliss-reactive ketones (excluding diaryl/α,β-unsaturated/α-hetero) is 1. The molecule has 0 spiro atoms.